The zero-order valence-electron chi connectivity index (χ0n) is 26.2. The SMILES string of the molecule is c1ccc(-c2ccc3ccc4nc(-c5ccc(-n6c7ccccc7c7cc8c(cc76)oc6ccccc68)c6ccccc56)sc4c3c2)cc1. The molecule has 0 aliphatic rings. The first-order chi connectivity index (χ1) is 24.3. The summed E-state index contributed by atoms with van der Waals surface area (Å²) in [6.45, 7) is 0. The molecule has 0 aliphatic carbocycles. The minimum absolute atomic E-state index is 0.899. The summed E-state index contributed by atoms with van der Waals surface area (Å²) in [6, 6.07) is 56.5. The van der Waals surface area contributed by atoms with Gasteiger partial charge in [-0.05, 0) is 64.4 Å². The number of para-hydroxylation sites is 2. The highest BCUT2D eigenvalue weighted by Gasteiger charge is 2.19. The molecule has 0 saturated carbocycles. The molecular weight excluding hydrogens is 617 g/mol. The van der Waals surface area contributed by atoms with Crippen LogP contribution in [0, 0.1) is 0 Å². The lowest BCUT2D eigenvalue weighted by atomic mass is 10.0. The van der Waals surface area contributed by atoms with Crippen LogP contribution in [0.4, 0.5) is 0 Å². The van der Waals surface area contributed by atoms with Gasteiger partial charge in [0.1, 0.15) is 16.2 Å². The molecule has 3 heterocycles. The predicted molar refractivity (Wildman–Crippen MR) is 207 cm³/mol. The van der Waals surface area contributed by atoms with E-state index < -0.39 is 0 Å². The molecule has 0 fully saturated rings. The predicted octanol–water partition coefficient (Wildman–Crippen LogP) is 12.9. The quantitative estimate of drug-likeness (QED) is 0.192. The molecule has 0 radical (unpaired) electrons. The molecule has 0 atom stereocenters. The third-order valence-electron chi connectivity index (χ3n) is 10.0. The lowest BCUT2D eigenvalue weighted by molar-refractivity contribution is 0.669. The summed E-state index contributed by atoms with van der Waals surface area (Å²) in [5.74, 6) is 0. The van der Waals surface area contributed by atoms with E-state index in [-0.39, 0.29) is 0 Å². The maximum atomic E-state index is 6.38. The van der Waals surface area contributed by atoms with Crippen LogP contribution in [-0.2, 0) is 0 Å². The van der Waals surface area contributed by atoms with Gasteiger partial charge in [0.15, 0.2) is 0 Å². The Balaban J connectivity index is 1.14. The van der Waals surface area contributed by atoms with E-state index in [0.29, 0.717) is 0 Å². The second kappa shape index (κ2) is 10.1. The summed E-state index contributed by atoms with van der Waals surface area (Å²) in [7, 11) is 0. The first kappa shape index (κ1) is 26.8. The largest absolute Gasteiger partial charge is 0.456 e. The zero-order valence-corrected chi connectivity index (χ0v) is 27.0. The average molecular weight is 643 g/mol. The number of benzene rings is 8. The van der Waals surface area contributed by atoms with Gasteiger partial charge in [0.05, 0.1) is 26.9 Å². The van der Waals surface area contributed by atoms with Crippen molar-refractivity contribution in [3.8, 4) is 27.4 Å². The van der Waals surface area contributed by atoms with Crippen LogP contribution in [0.1, 0.15) is 0 Å². The molecule has 0 unspecified atom stereocenters. The van der Waals surface area contributed by atoms with Crippen LogP contribution in [0.2, 0.25) is 0 Å². The summed E-state index contributed by atoms with van der Waals surface area (Å²) in [4.78, 5) is 5.23. The van der Waals surface area contributed by atoms with Crippen molar-refractivity contribution in [2.75, 3.05) is 0 Å². The van der Waals surface area contributed by atoms with Gasteiger partial charge in [0.2, 0.25) is 0 Å². The maximum absolute atomic E-state index is 6.38. The monoisotopic (exact) mass is 642 g/mol. The molecule has 11 rings (SSSR count). The summed E-state index contributed by atoms with van der Waals surface area (Å²) in [5, 5.41) is 10.6. The van der Waals surface area contributed by atoms with Crippen molar-refractivity contribution in [1.82, 2.24) is 9.55 Å². The Bertz CT molecular complexity index is 3110. The zero-order chi connectivity index (χ0) is 32.1. The first-order valence-corrected chi connectivity index (χ1v) is 17.4. The fraction of sp³-hybridized carbons (Fsp3) is 0. The van der Waals surface area contributed by atoms with E-state index in [1.807, 2.05) is 12.1 Å². The molecule has 0 N–H and O–H groups in total. The molecule has 0 spiro atoms. The van der Waals surface area contributed by atoms with E-state index in [1.54, 1.807) is 11.3 Å². The second-order valence-corrected chi connectivity index (χ2v) is 13.7. The molecule has 3 aromatic heterocycles. The normalized spacial score (nSPS) is 12.1. The van der Waals surface area contributed by atoms with Gasteiger partial charge in [0, 0.05) is 43.9 Å². The average Bonchev–Trinajstić information content (AvgIpc) is 3.85. The van der Waals surface area contributed by atoms with Crippen molar-refractivity contribution in [1.29, 1.82) is 0 Å². The third-order valence-corrected chi connectivity index (χ3v) is 11.2. The van der Waals surface area contributed by atoms with Gasteiger partial charge in [0.25, 0.3) is 0 Å². The Labute approximate surface area is 284 Å². The molecule has 0 bridgehead atoms. The Kier molecular flexibility index (Phi) is 5.54. The fourth-order valence-corrected chi connectivity index (χ4v) is 8.87. The van der Waals surface area contributed by atoms with Crippen molar-refractivity contribution in [2.24, 2.45) is 0 Å². The first-order valence-electron chi connectivity index (χ1n) is 16.5. The molecule has 228 valence electrons. The van der Waals surface area contributed by atoms with Gasteiger partial charge >= 0.3 is 0 Å². The number of hydrogen-bond donors (Lipinski definition) is 0. The summed E-state index contributed by atoms with van der Waals surface area (Å²) in [5.41, 5.74) is 9.87. The van der Waals surface area contributed by atoms with E-state index in [1.165, 1.54) is 53.7 Å². The molecule has 49 heavy (non-hydrogen) atoms. The molecule has 3 nitrogen and oxygen atoms in total. The highest BCUT2D eigenvalue weighted by Crippen LogP contribution is 2.43. The standard InChI is InChI=1S/C45H26N2OS/c1-2-10-27(11-3-1)29-19-18-28-20-22-38-44(35(28)24-29)49-45(46-38)34-21-23-40(31-13-5-4-12-30(31)34)47-39-16-8-6-14-32(39)36-25-37-33-15-7-9-17-42(33)48-43(37)26-41(36)47/h1-26H. The van der Waals surface area contributed by atoms with Crippen molar-refractivity contribution >= 4 is 86.8 Å². The van der Waals surface area contributed by atoms with Gasteiger partial charge in [-0.2, -0.15) is 0 Å². The van der Waals surface area contributed by atoms with Crippen LogP contribution < -0.4 is 0 Å². The van der Waals surface area contributed by atoms with E-state index in [2.05, 4.69) is 150 Å². The van der Waals surface area contributed by atoms with Crippen LogP contribution >= 0.6 is 11.3 Å². The Morgan fingerprint density at radius 1 is 0.469 bits per heavy atom. The minimum Gasteiger partial charge on any atom is -0.456 e. The number of fused-ring (bicyclic) bond motifs is 10. The summed E-state index contributed by atoms with van der Waals surface area (Å²) in [6.07, 6.45) is 0. The number of aromatic nitrogens is 2. The third kappa shape index (κ3) is 3.92. The van der Waals surface area contributed by atoms with Gasteiger partial charge in [-0.15, -0.1) is 11.3 Å². The highest BCUT2D eigenvalue weighted by atomic mass is 32.1. The van der Waals surface area contributed by atoms with Crippen LogP contribution in [-0.4, -0.2) is 9.55 Å². The van der Waals surface area contributed by atoms with Crippen molar-refractivity contribution in [3.63, 3.8) is 0 Å². The van der Waals surface area contributed by atoms with Gasteiger partial charge in [-0.1, -0.05) is 109 Å². The number of nitrogens with zero attached hydrogens (tertiary/aromatic N) is 2. The minimum atomic E-state index is 0.899. The van der Waals surface area contributed by atoms with E-state index in [9.17, 15) is 0 Å². The number of hydrogen-bond acceptors (Lipinski definition) is 3. The summed E-state index contributed by atoms with van der Waals surface area (Å²) < 4.78 is 10.0. The molecule has 0 aliphatic heterocycles. The molecule has 4 heteroatoms. The number of rotatable bonds is 3. The second-order valence-electron chi connectivity index (χ2n) is 12.7. The lowest BCUT2D eigenvalue weighted by Crippen LogP contribution is -1.96. The number of furan rings is 1. The smallest absolute Gasteiger partial charge is 0.137 e. The topological polar surface area (TPSA) is 31.0 Å². The van der Waals surface area contributed by atoms with E-state index in [4.69, 9.17) is 9.40 Å². The Hall–Kier alpha value is -6.23. The molecular formula is C45H26N2OS. The van der Waals surface area contributed by atoms with Crippen molar-refractivity contribution in [2.45, 2.75) is 0 Å². The Morgan fingerprint density at radius 3 is 2.12 bits per heavy atom. The fourth-order valence-electron chi connectivity index (χ4n) is 7.74. The van der Waals surface area contributed by atoms with Crippen molar-refractivity contribution in [3.05, 3.63) is 158 Å². The number of thiazole rings is 1. The van der Waals surface area contributed by atoms with Crippen LogP contribution in [0.25, 0.3) is 103 Å². The molecule has 11 aromatic rings. The van der Waals surface area contributed by atoms with Crippen LogP contribution in [0.3, 0.4) is 0 Å². The maximum Gasteiger partial charge on any atom is 0.137 e. The molecule has 8 aromatic carbocycles. The molecule has 0 saturated heterocycles. The van der Waals surface area contributed by atoms with Gasteiger partial charge in [-0.3, -0.25) is 0 Å². The van der Waals surface area contributed by atoms with E-state index >= 15 is 0 Å². The Morgan fingerprint density at radius 2 is 1.22 bits per heavy atom. The highest BCUT2D eigenvalue weighted by molar-refractivity contribution is 7.22. The summed E-state index contributed by atoms with van der Waals surface area (Å²) >= 11 is 1.78. The lowest BCUT2D eigenvalue weighted by Gasteiger charge is -2.14. The van der Waals surface area contributed by atoms with Gasteiger partial charge < -0.3 is 8.98 Å². The van der Waals surface area contributed by atoms with E-state index in [0.717, 1.165) is 49.2 Å². The van der Waals surface area contributed by atoms with Crippen LogP contribution in [0.15, 0.2) is 162 Å². The van der Waals surface area contributed by atoms with Gasteiger partial charge in [-0.25, -0.2) is 4.98 Å². The van der Waals surface area contributed by atoms with Crippen LogP contribution in [0.5, 0.6) is 0 Å². The van der Waals surface area contributed by atoms with Crippen molar-refractivity contribution < 1.29 is 4.42 Å². The molecule has 0 amide bonds.